The van der Waals surface area contributed by atoms with Gasteiger partial charge in [-0.2, -0.15) is 0 Å². The molecule has 116 valence electrons. The zero-order chi connectivity index (χ0) is 15.5. The number of nitrogens with one attached hydrogen (secondary N) is 1. The quantitative estimate of drug-likeness (QED) is 0.872. The van der Waals surface area contributed by atoms with E-state index in [4.69, 9.17) is 4.74 Å². The number of nitrogens with zero attached hydrogens (tertiary/aromatic N) is 1. The lowest BCUT2D eigenvalue weighted by Gasteiger charge is -2.36. The molecule has 0 aliphatic carbocycles. The third kappa shape index (κ3) is 4.43. The zero-order valence-corrected chi connectivity index (χ0v) is 13.0. The molecule has 5 nitrogen and oxygen atoms in total. The number of carboxylic acids is 1. The first-order valence-corrected chi connectivity index (χ1v) is 7.54. The third-order valence-electron chi connectivity index (χ3n) is 3.68. The van der Waals surface area contributed by atoms with Crippen LogP contribution in [0.3, 0.4) is 0 Å². The van der Waals surface area contributed by atoms with E-state index in [1.807, 2.05) is 0 Å². The average Bonchev–Trinajstić information content (AvgIpc) is 2.37. The van der Waals surface area contributed by atoms with Crippen LogP contribution in [0.15, 0.2) is 12.1 Å². The normalized spacial score (nSPS) is 21.0. The third-order valence-corrected chi connectivity index (χ3v) is 3.68. The van der Waals surface area contributed by atoms with Crippen LogP contribution in [0.2, 0.25) is 0 Å². The second-order valence-electron chi connectivity index (χ2n) is 6.23. The molecule has 2 rings (SSSR count). The molecule has 1 atom stereocenters. The maximum atomic E-state index is 11.2. The van der Waals surface area contributed by atoms with Crippen molar-refractivity contribution >= 4 is 11.8 Å². The smallest absolute Gasteiger partial charge is 0.335 e. The van der Waals surface area contributed by atoms with Gasteiger partial charge in [0.25, 0.3) is 0 Å². The molecule has 2 heterocycles. The number of hydrogen-bond acceptors (Lipinski definition) is 4. The van der Waals surface area contributed by atoms with E-state index in [1.165, 1.54) is 0 Å². The highest BCUT2D eigenvalue weighted by Gasteiger charge is 2.29. The summed E-state index contributed by atoms with van der Waals surface area (Å²) in [6.07, 6.45) is 3.52. The second kappa shape index (κ2) is 6.43. The molecule has 1 aliphatic heterocycles. The molecule has 5 heteroatoms. The number of anilines is 1. The van der Waals surface area contributed by atoms with Crippen molar-refractivity contribution in [1.82, 2.24) is 4.98 Å². The maximum Gasteiger partial charge on any atom is 0.335 e. The Hall–Kier alpha value is -1.62. The SMILES string of the molecule is CCCc1cc(C(=O)O)cc(NC2CCOC(C)(C)C2)n1. The molecule has 0 amide bonds. The monoisotopic (exact) mass is 292 g/mol. The number of aromatic nitrogens is 1. The van der Waals surface area contributed by atoms with Crippen molar-refractivity contribution in [2.24, 2.45) is 0 Å². The molecular weight excluding hydrogens is 268 g/mol. The van der Waals surface area contributed by atoms with Gasteiger partial charge in [-0.15, -0.1) is 0 Å². The van der Waals surface area contributed by atoms with Crippen LogP contribution in [-0.4, -0.2) is 34.3 Å². The molecule has 1 fully saturated rings. The number of carbonyl (C=O) groups is 1. The number of aryl methyl sites for hydroxylation is 1. The molecule has 1 aromatic heterocycles. The summed E-state index contributed by atoms with van der Waals surface area (Å²) in [5, 5.41) is 12.6. The van der Waals surface area contributed by atoms with Crippen molar-refractivity contribution in [1.29, 1.82) is 0 Å². The summed E-state index contributed by atoms with van der Waals surface area (Å²) in [7, 11) is 0. The molecule has 1 aliphatic rings. The maximum absolute atomic E-state index is 11.2. The highest BCUT2D eigenvalue weighted by molar-refractivity contribution is 5.88. The van der Waals surface area contributed by atoms with Gasteiger partial charge in [0.1, 0.15) is 5.82 Å². The van der Waals surface area contributed by atoms with E-state index in [-0.39, 0.29) is 11.6 Å². The van der Waals surface area contributed by atoms with Crippen molar-refractivity contribution in [3.8, 4) is 0 Å². The largest absolute Gasteiger partial charge is 0.478 e. The van der Waals surface area contributed by atoms with Gasteiger partial charge in [0.05, 0.1) is 11.2 Å². The minimum absolute atomic E-state index is 0.146. The van der Waals surface area contributed by atoms with E-state index >= 15 is 0 Å². The summed E-state index contributed by atoms with van der Waals surface area (Å²) in [6, 6.07) is 3.54. The lowest BCUT2D eigenvalue weighted by atomic mass is 9.94. The first-order valence-electron chi connectivity index (χ1n) is 7.54. The van der Waals surface area contributed by atoms with Crippen LogP contribution in [0.1, 0.15) is 56.1 Å². The van der Waals surface area contributed by atoms with E-state index in [0.717, 1.165) is 31.4 Å². The predicted octanol–water partition coefficient (Wildman–Crippen LogP) is 3.10. The number of hydrogen-bond donors (Lipinski definition) is 2. The van der Waals surface area contributed by atoms with Crippen LogP contribution in [0.4, 0.5) is 5.82 Å². The predicted molar refractivity (Wildman–Crippen MR) is 81.9 cm³/mol. The molecule has 0 spiro atoms. The fourth-order valence-corrected chi connectivity index (χ4v) is 2.73. The number of ether oxygens (including phenoxy) is 1. The van der Waals surface area contributed by atoms with Gasteiger partial charge in [-0.25, -0.2) is 9.78 Å². The molecule has 21 heavy (non-hydrogen) atoms. The summed E-state index contributed by atoms with van der Waals surface area (Å²) in [6.45, 7) is 6.92. The van der Waals surface area contributed by atoms with Gasteiger partial charge in [0.15, 0.2) is 0 Å². The van der Waals surface area contributed by atoms with Crippen molar-refractivity contribution in [3.63, 3.8) is 0 Å². The minimum Gasteiger partial charge on any atom is -0.478 e. The second-order valence-corrected chi connectivity index (χ2v) is 6.23. The first-order chi connectivity index (χ1) is 9.89. The van der Waals surface area contributed by atoms with Crippen molar-refractivity contribution in [2.45, 2.75) is 58.1 Å². The number of aromatic carboxylic acids is 1. The Labute approximate surface area is 125 Å². The van der Waals surface area contributed by atoms with Gasteiger partial charge < -0.3 is 15.2 Å². The van der Waals surface area contributed by atoms with Gasteiger partial charge in [0.2, 0.25) is 0 Å². The molecule has 0 radical (unpaired) electrons. The van der Waals surface area contributed by atoms with Crippen molar-refractivity contribution in [3.05, 3.63) is 23.4 Å². The Morgan fingerprint density at radius 3 is 2.90 bits per heavy atom. The Morgan fingerprint density at radius 1 is 1.52 bits per heavy atom. The van der Waals surface area contributed by atoms with Crippen LogP contribution >= 0.6 is 0 Å². The highest BCUT2D eigenvalue weighted by atomic mass is 16.5. The lowest BCUT2D eigenvalue weighted by molar-refractivity contribution is -0.0553. The summed E-state index contributed by atoms with van der Waals surface area (Å²) in [4.78, 5) is 15.8. The fraction of sp³-hybridized carbons (Fsp3) is 0.625. The standard InChI is InChI=1S/C16H24N2O3/c1-4-5-12-8-11(15(19)20)9-14(17-12)18-13-6-7-21-16(2,3)10-13/h8-9,13H,4-7,10H2,1-3H3,(H,17,18)(H,19,20). The van der Waals surface area contributed by atoms with Gasteiger partial charge in [-0.1, -0.05) is 13.3 Å². The zero-order valence-electron chi connectivity index (χ0n) is 13.0. The highest BCUT2D eigenvalue weighted by Crippen LogP contribution is 2.26. The summed E-state index contributed by atoms with van der Waals surface area (Å²) < 4.78 is 5.70. The van der Waals surface area contributed by atoms with E-state index in [9.17, 15) is 9.90 Å². The van der Waals surface area contributed by atoms with Crippen LogP contribution in [0.25, 0.3) is 0 Å². The molecule has 0 bridgehead atoms. The molecule has 0 saturated carbocycles. The van der Waals surface area contributed by atoms with Gasteiger partial charge in [-0.05, 0) is 45.2 Å². The number of rotatable bonds is 5. The topological polar surface area (TPSA) is 71.5 Å². The van der Waals surface area contributed by atoms with Gasteiger partial charge in [-0.3, -0.25) is 0 Å². The van der Waals surface area contributed by atoms with Crippen LogP contribution in [0, 0.1) is 0 Å². The minimum atomic E-state index is -0.912. The molecular formula is C16H24N2O3. The Morgan fingerprint density at radius 2 is 2.29 bits per heavy atom. The van der Waals surface area contributed by atoms with Crippen molar-refractivity contribution < 1.29 is 14.6 Å². The lowest BCUT2D eigenvalue weighted by Crippen LogP contribution is -2.40. The van der Waals surface area contributed by atoms with E-state index in [0.29, 0.717) is 18.0 Å². The van der Waals surface area contributed by atoms with Gasteiger partial charge >= 0.3 is 5.97 Å². The molecule has 0 aromatic carbocycles. The Bertz CT molecular complexity index is 514. The fourth-order valence-electron chi connectivity index (χ4n) is 2.73. The molecule has 1 saturated heterocycles. The Kier molecular flexibility index (Phi) is 4.83. The van der Waals surface area contributed by atoms with Gasteiger partial charge in [0, 0.05) is 18.3 Å². The summed E-state index contributed by atoms with van der Waals surface area (Å²) in [5.41, 5.74) is 0.973. The molecule has 1 unspecified atom stereocenters. The first kappa shape index (κ1) is 15.8. The summed E-state index contributed by atoms with van der Waals surface area (Å²) in [5.74, 6) is -0.258. The van der Waals surface area contributed by atoms with E-state index in [1.54, 1.807) is 12.1 Å². The van der Waals surface area contributed by atoms with E-state index < -0.39 is 5.97 Å². The van der Waals surface area contributed by atoms with Crippen LogP contribution in [-0.2, 0) is 11.2 Å². The average molecular weight is 292 g/mol. The molecule has 2 N–H and O–H groups in total. The van der Waals surface area contributed by atoms with Crippen molar-refractivity contribution in [2.75, 3.05) is 11.9 Å². The number of carboxylic acid groups (broad SMARTS) is 1. The summed E-state index contributed by atoms with van der Waals surface area (Å²) >= 11 is 0. The molecule has 1 aromatic rings. The van der Waals surface area contributed by atoms with E-state index in [2.05, 4.69) is 31.1 Å². The van der Waals surface area contributed by atoms with Crippen LogP contribution in [0.5, 0.6) is 0 Å². The van der Waals surface area contributed by atoms with Crippen LogP contribution < -0.4 is 5.32 Å². The Balaban J connectivity index is 2.16. The number of pyridine rings is 1.